The highest BCUT2D eigenvalue weighted by molar-refractivity contribution is 9.10. The van der Waals surface area contributed by atoms with Crippen molar-refractivity contribution in [2.45, 2.75) is 0 Å². The van der Waals surface area contributed by atoms with Crippen LogP contribution in [-0.2, 0) is 0 Å². The molecule has 0 aliphatic carbocycles. The monoisotopic (exact) mass is 245 g/mol. The van der Waals surface area contributed by atoms with Gasteiger partial charge in [-0.1, -0.05) is 6.07 Å². The Balaban J connectivity index is 3.20. The third kappa shape index (κ3) is 2.06. The highest BCUT2D eigenvalue weighted by atomic mass is 79.9. The van der Waals surface area contributed by atoms with Crippen LogP contribution in [0.1, 0.15) is 10.4 Å². The first-order valence-corrected chi connectivity index (χ1v) is 4.49. The lowest BCUT2D eigenvalue weighted by atomic mass is 10.2. The SMILES string of the molecule is CN(C)C(=O)c1c(F)cccc1Br. The van der Waals surface area contributed by atoms with Crippen LogP contribution in [0.5, 0.6) is 0 Å². The number of rotatable bonds is 1. The van der Waals surface area contributed by atoms with Crippen LogP contribution in [0.2, 0.25) is 0 Å². The van der Waals surface area contributed by atoms with E-state index in [2.05, 4.69) is 15.9 Å². The Bertz CT molecular complexity index is 318. The standard InChI is InChI=1S/C9H9BrFNO/c1-12(2)9(13)8-6(10)4-3-5-7(8)11/h3-5H,1-2H3. The molecule has 70 valence electrons. The molecule has 0 atom stereocenters. The lowest BCUT2D eigenvalue weighted by Gasteiger charge is -2.11. The van der Waals surface area contributed by atoms with Crippen molar-refractivity contribution in [2.24, 2.45) is 0 Å². The van der Waals surface area contributed by atoms with Crippen molar-refractivity contribution >= 4 is 21.8 Å². The van der Waals surface area contributed by atoms with E-state index in [1.54, 1.807) is 26.2 Å². The molecule has 0 fully saturated rings. The fourth-order valence-corrected chi connectivity index (χ4v) is 1.44. The molecule has 0 aliphatic rings. The van der Waals surface area contributed by atoms with Gasteiger partial charge in [-0.25, -0.2) is 4.39 Å². The van der Waals surface area contributed by atoms with Crippen LogP contribution in [0.3, 0.4) is 0 Å². The first-order valence-electron chi connectivity index (χ1n) is 3.69. The molecule has 0 saturated carbocycles. The van der Waals surface area contributed by atoms with Crippen LogP contribution >= 0.6 is 15.9 Å². The quantitative estimate of drug-likeness (QED) is 0.744. The molecule has 0 heterocycles. The zero-order chi connectivity index (χ0) is 10.0. The Morgan fingerprint density at radius 1 is 1.46 bits per heavy atom. The minimum Gasteiger partial charge on any atom is -0.345 e. The minimum absolute atomic E-state index is 0.0764. The van der Waals surface area contributed by atoms with E-state index >= 15 is 0 Å². The smallest absolute Gasteiger partial charge is 0.257 e. The fourth-order valence-electron chi connectivity index (χ4n) is 0.926. The Kier molecular flexibility index (Phi) is 3.03. The summed E-state index contributed by atoms with van der Waals surface area (Å²) in [7, 11) is 3.17. The predicted octanol–water partition coefficient (Wildman–Crippen LogP) is 2.29. The van der Waals surface area contributed by atoms with E-state index in [1.165, 1.54) is 11.0 Å². The molecule has 1 aromatic rings. The molecular weight excluding hydrogens is 237 g/mol. The van der Waals surface area contributed by atoms with Crippen molar-refractivity contribution in [1.82, 2.24) is 4.90 Å². The largest absolute Gasteiger partial charge is 0.345 e. The molecule has 0 N–H and O–H groups in total. The van der Waals surface area contributed by atoms with Gasteiger partial charge in [0.2, 0.25) is 0 Å². The minimum atomic E-state index is -0.506. The van der Waals surface area contributed by atoms with Gasteiger partial charge in [-0.3, -0.25) is 4.79 Å². The van der Waals surface area contributed by atoms with E-state index in [1.807, 2.05) is 0 Å². The van der Waals surface area contributed by atoms with E-state index in [4.69, 9.17) is 0 Å². The summed E-state index contributed by atoms with van der Waals surface area (Å²) >= 11 is 3.13. The maximum Gasteiger partial charge on any atom is 0.257 e. The fraction of sp³-hybridized carbons (Fsp3) is 0.222. The van der Waals surface area contributed by atoms with E-state index in [-0.39, 0.29) is 11.5 Å². The highest BCUT2D eigenvalue weighted by Crippen LogP contribution is 2.20. The van der Waals surface area contributed by atoms with Crippen molar-refractivity contribution in [2.75, 3.05) is 14.1 Å². The molecule has 0 aliphatic heterocycles. The molecule has 1 rings (SSSR count). The predicted molar refractivity (Wildman–Crippen MR) is 52.1 cm³/mol. The van der Waals surface area contributed by atoms with E-state index in [0.717, 1.165) is 0 Å². The van der Waals surface area contributed by atoms with Crippen LogP contribution in [0.15, 0.2) is 22.7 Å². The van der Waals surface area contributed by atoms with E-state index < -0.39 is 5.82 Å². The second-order valence-corrected chi connectivity index (χ2v) is 3.65. The van der Waals surface area contributed by atoms with Gasteiger partial charge in [0.1, 0.15) is 5.82 Å². The molecular formula is C9H9BrFNO. The third-order valence-electron chi connectivity index (χ3n) is 1.58. The number of benzene rings is 1. The Labute approximate surface area is 84.5 Å². The number of halogens is 2. The molecule has 0 spiro atoms. The number of nitrogens with zero attached hydrogens (tertiary/aromatic N) is 1. The van der Waals surface area contributed by atoms with Gasteiger partial charge in [-0.05, 0) is 28.1 Å². The average Bonchev–Trinajstić information content (AvgIpc) is 2.03. The molecule has 1 amide bonds. The Morgan fingerprint density at radius 3 is 2.54 bits per heavy atom. The van der Waals surface area contributed by atoms with Crippen molar-refractivity contribution in [1.29, 1.82) is 0 Å². The summed E-state index contributed by atoms with van der Waals surface area (Å²) < 4.78 is 13.7. The summed E-state index contributed by atoms with van der Waals surface area (Å²) in [5.41, 5.74) is 0.0764. The first kappa shape index (κ1) is 10.2. The molecule has 2 nitrogen and oxygen atoms in total. The van der Waals surface area contributed by atoms with E-state index in [9.17, 15) is 9.18 Å². The summed E-state index contributed by atoms with van der Waals surface area (Å²) in [6.07, 6.45) is 0. The molecule has 13 heavy (non-hydrogen) atoms. The Morgan fingerprint density at radius 2 is 2.08 bits per heavy atom. The van der Waals surface area contributed by atoms with Crippen LogP contribution < -0.4 is 0 Å². The van der Waals surface area contributed by atoms with Crippen LogP contribution in [0.4, 0.5) is 4.39 Å². The normalized spacial score (nSPS) is 9.85. The van der Waals surface area contributed by atoms with Gasteiger partial charge in [-0.2, -0.15) is 0 Å². The van der Waals surface area contributed by atoms with E-state index in [0.29, 0.717) is 4.47 Å². The summed E-state index contributed by atoms with van der Waals surface area (Å²) in [4.78, 5) is 12.8. The van der Waals surface area contributed by atoms with Gasteiger partial charge in [-0.15, -0.1) is 0 Å². The molecule has 0 radical (unpaired) electrons. The molecule has 4 heteroatoms. The summed E-state index contributed by atoms with van der Waals surface area (Å²) in [5.74, 6) is -0.849. The lowest BCUT2D eigenvalue weighted by molar-refractivity contribution is 0.0822. The second kappa shape index (κ2) is 3.87. The van der Waals surface area contributed by atoms with Crippen LogP contribution in [0, 0.1) is 5.82 Å². The van der Waals surface area contributed by atoms with Gasteiger partial charge in [0, 0.05) is 18.6 Å². The van der Waals surface area contributed by atoms with Gasteiger partial charge < -0.3 is 4.90 Å². The number of hydrogen-bond donors (Lipinski definition) is 0. The number of amides is 1. The van der Waals surface area contributed by atoms with Crippen LogP contribution in [-0.4, -0.2) is 24.9 Å². The summed E-state index contributed by atoms with van der Waals surface area (Å²) in [5, 5.41) is 0. The number of hydrogen-bond acceptors (Lipinski definition) is 1. The molecule has 1 aromatic carbocycles. The van der Waals surface area contributed by atoms with Gasteiger partial charge >= 0.3 is 0 Å². The summed E-state index contributed by atoms with van der Waals surface area (Å²) in [6, 6.07) is 4.45. The van der Waals surface area contributed by atoms with Crippen molar-refractivity contribution in [3.63, 3.8) is 0 Å². The number of carbonyl (C=O) groups is 1. The van der Waals surface area contributed by atoms with Crippen LogP contribution in [0.25, 0.3) is 0 Å². The molecule has 0 saturated heterocycles. The number of carbonyl (C=O) groups excluding carboxylic acids is 1. The first-order chi connectivity index (χ1) is 6.04. The van der Waals surface area contributed by atoms with Gasteiger partial charge in [0.05, 0.1) is 5.56 Å². The topological polar surface area (TPSA) is 20.3 Å². The average molecular weight is 246 g/mol. The summed E-state index contributed by atoms with van der Waals surface area (Å²) in [6.45, 7) is 0. The Hall–Kier alpha value is -0.900. The molecule has 0 bridgehead atoms. The molecule has 0 aromatic heterocycles. The van der Waals surface area contributed by atoms with Crippen molar-refractivity contribution in [3.8, 4) is 0 Å². The molecule has 0 unspecified atom stereocenters. The third-order valence-corrected chi connectivity index (χ3v) is 2.24. The maximum atomic E-state index is 13.2. The van der Waals surface area contributed by atoms with Crippen molar-refractivity contribution in [3.05, 3.63) is 34.1 Å². The van der Waals surface area contributed by atoms with Gasteiger partial charge in [0.15, 0.2) is 0 Å². The van der Waals surface area contributed by atoms with Gasteiger partial charge in [0.25, 0.3) is 5.91 Å². The zero-order valence-electron chi connectivity index (χ0n) is 7.34. The maximum absolute atomic E-state index is 13.2. The second-order valence-electron chi connectivity index (χ2n) is 2.80. The highest BCUT2D eigenvalue weighted by Gasteiger charge is 2.16. The lowest BCUT2D eigenvalue weighted by Crippen LogP contribution is -2.23. The zero-order valence-corrected chi connectivity index (χ0v) is 8.93. The van der Waals surface area contributed by atoms with Crippen molar-refractivity contribution < 1.29 is 9.18 Å².